The second kappa shape index (κ2) is 6.66. The van der Waals surface area contributed by atoms with E-state index in [2.05, 4.69) is 5.32 Å². The van der Waals surface area contributed by atoms with Crippen molar-refractivity contribution >= 4 is 22.6 Å². The van der Waals surface area contributed by atoms with Crippen LogP contribution in [0.15, 0.2) is 36.4 Å². The maximum absolute atomic E-state index is 12.5. The van der Waals surface area contributed by atoms with E-state index >= 15 is 0 Å². The fourth-order valence-corrected chi connectivity index (χ4v) is 2.13. The zero-order valence-corrected chi connectivity index (χ0v) is 13.0. The summed E-state index contributed by atoms with van der Waals surface area (Å²) in [6, 6.07) is 10.7. The summed E-state index contributed by atoms with van der Waals surface area (Å²) >= 11 is 0. The van der Waals surface area contributed by atoms with Crippen molar-refractivity contribution in [2.75, 3.05) is 13.2 Å². The van der Waals surface area contributed by atoms with E-state index in [-0.39, 0.29) is 18.8 Å². The number of carboxylic acids is 1. The molecule has 0 radical (unpaired) electrons. The molecule has 1 amide bonds. The van der Waals surface area contributed by atoms with Gasteiger partial charge >= 0.3 is 5.97 Å². The largest absolute Gasteiger partial charge is 0.490 e. The van der Waals surface area contributed by atoms with Gasteiger partial charge in [-0.2, -0.15) is 0 Å². The number of carbonyl (C=O) groups excluding carboxylic acids is 1. The van der Waals surface area contributed by atoms with Gasteiger partial charge in [-0.05, 0) is 25.3 Å². The molecule has 0 saturated heterocycles. The minimum absolute atomic E-state index is 0.0383. The van der Waals surface area contributed by atoms with E-state index in [9.17, 15) is 9.59 Å². The van der Waals surface area contributed by atoms with Crippen molar-refractivity contribution in [3.05, 3.63) is 42.0 Å². The number of aliphatic hydroxyl groups is 1. The standard InChI is InChI=1S/C17H19NO5/c1-17(2,16(21)22)18-15(20)13-8-7-11-5-3-4-6-12(11)14(13)23-10-9-19/h3-8,19H,9-10H2,1-2H3,(H,18,20)(H,21,22). The summed E-state index contributed by atoms with van der Waals surface area (Å²) in [7, 11) is 0. The average molecular weight is 317 g/mol. The Hall–Kier alpha value is -2.60. The zero-order chi connectivity index (χ0) is 17.0. The lowest BCUT2D eigenvalue weighted by Gasteiger charge is -2.22. The molecule has 0 aliphatic rings. The number of ether oxygens (including phenoxy) is 1. The fraction of sp³-hybridized carbons (Fsp3) is 0.294. The van der Waals surface area contributed by atoms with E-state index in [1.165, 1.54) is 13.8 Å². The van der Waals surface area contributed by atoms with Crippen molar-refractivity contribution in [2.45, 2.75) is 19.4 Å². The van der Waals surface area contributed by atoms with Gasteiger partial charge in [0.2, 0.25) is 0 Å². The van der Waals surface area contributed by atoms with E-state index in [0.29, 0.717) is 5.75 Å². The fourth-order valence-electron chi connectivity index (χ4n) is 2.13. The Morgan fingerprint density at radius 2 is 1.87 bits per heavy atom. The number of hydrogen-bond acceptors (Lipinski definition) is 4. The number of carbonyl (C=O) groups is 2. The predicted molar refractivity (Wildman–Crippen MR) is 85.7 cm³/mol. The van der Waals surface area contributed by atoms with Gasteiger partial charge in [-0.25, -0.2) is 4.79 Å². The van der Waals surface area contributed by atoms with Gasteiger partial charge in [0.05, 0.1) is 12.2 Å². The lowest BCUT2D eigenvalue weighted by molar-refractivity contribution is -0.143. The third-order valence-corrected chi connectivity index (χ3v) is 3.42. The first kappa shape index (κ1) is 16.8. The number of carboxylic acid groups (broad SMARTS) is 1. The van der Waals surface area contributed by atoms with Gasteiger partial charge in [0.15, 0.2) is 0 Å². The van der Waals surface area contributed by atoms with E-state index < -0.39 is 17.4 Å². The average Bonchev–Trinajstić information content (AvgIpc) is 2.51. The Morgan fingerprint density at radius 3 is 2.52 bits per heavy atom. The van der Waals surface area contributed by atoms with Gasteiger partial charge in [0.1, 0.15) is 17.9 Å². The van der Waals surface area contributed by atoms with Crippen LogP contribution in [-0.4, -0.2) is 40.8 Å². The van der Waals surface area contributed by atoms with Crippen molar-refractivity contribution in [1.82, 2.24) is 5.32 Å². The summed E-state index contributed by atoms with van der Waals surface area (Å²) in [6.07, 6.45) is 0. The molecule has 2 aromatic rings. The van der Waals surface area contributed by atoms with Crippen LogP contribution >= 0.6 is 0 Å². The molecule has 0 spiro atoms. The minimum atomic E-state index is -1.41. The van der Waals surface area contributed by atoms with E-state index in [4.69, 9.17) is 14.9 Å². The molecule has 2 rings (SSSR count). The second-order valence-electron chi connectivity index (χ2n) is 5.62. The third kappa shape index (κ3) is 3.60. The Balaban J connectivity index is 2.46. The van der Waals surface area contributed by atoms with Crippen LogP contribution in [0.4, 0.5) is 0 Å². The number of hydrogen-bond donors (Lipinski definition) is 3. The van der Waals surface area contributed by atoms with Crippen LogP contribution in [0.2, 0.25) is 0 Å². The van der Waals surface area contributed by atoms with Gasteiger partial charge in [-0.3, -0.25) is 4.79 Å². The van der Waals surface area contributed by atoms with Gasteiger partial charge in [-0.15, -0.1) is 0 Å². The number of rotatable bonds is 6. The van der Waals surface area contributed by atoms with Crippen LogP contribution in [0.25, 0.3) is 10.8 Å². The maximum Gasteiger partial charge on any atom is 0.328 e. The summed E-state index contributed by atoms with van der Waals surface area (Å²) in [5, 5.41) is 22.2. The molecule has 3 N–H and O–H groups in total. The van der Waals surface area contributed by atoms with Crippen molar-refractivity contribution in [3.8, 4) is 5.75 Å². The van der Waals surface area contributed by atoms with Crippen LogP contribution in [0, 0.1) is 0 Å². The van der Waals surface area contributed by atoms with E-state index in [1.54, 1.807) is 18.2 Å². The normalized spacial score (nSPS) is 11.3. The third-order valence-electron chi connectivity index (χ3n) is 3.42. The molecular weight excluding hydrogens is 298 g/mol. The van der Waals surface area contributed by atoms with Crippen molar-refractivity contribution in [1.29, 1.82) is 0 Å². The number of nitrogens with one attached hydrogen (secondary N) is 1. The molecule has 0 saturated carbocycles. The first-order valence-corrected chi connectivity index (χ1v) is 7.18. The topological polar surface area (TPSA) is 95.9 Å². The van der Waals surface area contributed by atoms with E-state index in [0.717, 1.165) is 10.8 Å². The molecule has 0 aromatic heterocycles. The number of aliphatic carboxylic acids is 1. The summed E-state index contributed by atoms with van der Waals surface area (Å²) in [5.41, 5.74) is -1.18. The first-order chi connectivity index (χ1) is 10.9. The van der Waals surface area contributed by atoms with E-state index in [1.807, 2.05) is 18.2 Å². The highest BCUT2D eigenvalue weighted by Crippen LogP contribution is 2.30. The Labute approximate surface area is 133 Å². The highest BCUT2D eigenvalue weighted by molar-refractivity contribution is 6.05. The number of benzene rings is 2. The molecule has 0 unspecified atom stereocenters. The molecule has 0 heterocycles. The van der Waals surface area contributed by atoms with Gasteiger partial charge < -0.3 is 20.3 Å². The molecule has 23 heavy (non-hydrogen) atoms. The van der Waals surface area contributed by atoms with Crippen LogP contribution in [0.1, 0.15) is 24.2 Å². The smallest absolute Gasteiger partial charge is 0.328 e. The second-order valence-corrected chi connectivity index (χ2v) is 5.62. The maximum atomic E-state index is 12.5. The highest BCUT2D eigenvalue weighted by Gasteiger charge is 2.30. The molecule has 2 aromatic carbocycles. The van der Waals surface area contributed by atoms with Gasteiger partial charge in [0, 0.05) is 5.39 Å². The predicted octanol–water partition coefficient (Wildman–Crippen LogP) is 1.80. The molecular formula is C17H19NO5. The molecule has 0 atom stereocenters. The lowest BCUT2D eigenvalue weighted by atomic mass is 10.0. The van der Waals surface area contributed by atoms with Crippen LogP contribution in [0.3, 0.4) is 0 Å². The summed E-state index contributed by atoms with van der Waals surface area (Å²) in [5.74, 6) is -1.35. The Kier molecular flexibility index (Phi) is 4.86. The monoisotopic (exact) mass is 317 g/mol. The molecule has 122 valence electrons. The summed E-state index contributed by atoms with van der Waals surface area (Å²) < 4.78 is 5.54. The lowest BCUT2D eigenvalue weighted by Crippen LogP contribution is -2.49. The van der Waals surface area contributed by atoms with Gasteiger partial charge in [-0.1, -0.05) is 30.3 Å². The first-order valence-electron chi connectivity index (χ1n) is 7.18. The van der Waals surface area contributed by atoms with Crippen molar-refractivity contribution in [2.24, 2.45) is 0 Å². The number of aliphatic hydroxyl groups excluding tert-OH is 1. The molecule has 6 heteroatoms. The molecule has 6 nitrogen and oxygen atoms in total. The van der Waals surface area contributed by atoms with Crippen molar-refractivity contribution in [3.63, 3.8) is 0 Å². The molecule has 0 bridgehead atoms. The van der Waals surface area contributed by atoms with Gasteiger partial charge in [0.25, 0.3) is 5.91 Å². The SMILES string of the molecule is CC(C)(NC(=O)c1ccc2ccccc2c1OCCO)C(=O)O. The summed E-state index contributed by atoms with van der Waals surface area (Å²) in [4.78, 5) is 23.7. The van der Waals surface area contributed by atoms with Crippen LogP contribution in [0.5, 0.6) is 5.75 Å². The van der Waals surface area contributed by atoms with Crippen molar-refractivity contribution < 1.29 is 24.5 Å². The molecule has 0 aliphatic heterocycles. The highest BCUT2D eigenvalue weighted by atomic mass is 16.5. The molecule has 0 fully saturated rings. The summed E-state index contributed by atoms with van der Waals surface area (Å²) in [6.45, 7) is 2.66. The number of amides is 1. The number of fused-ring (bicyclic) bond motifs is 1. The minimum Gasteiger partial charge on any atom is -0.490 e. The Morgan fingerprint density at radius 1 is 1.17 bits per heavy atom. The Bertz CT molecular complexity index is 739. The zero-order valence-electron chi connectivity index (χ0n) is 13.0. The quantitative estimate of drug-likeness (QED) is 0.755. The molecule has 0 aliphatic carbocycles. The van der Waals surface area contributed by atoms with Crippen LogP contribution < -0.4 is 10.1 Å². The van der Waals surface area contributed by atoms with Crippen LogP contribution in [-0.2, 0) is 4.79 Å².